The van der Waals surface area contributed by atoms with E-state index in [9.17, 15) is 15.0 Å². The van der Waals surface area contributed by atoms with Crippen molar-refractivity contribution < 1.29 is 29.2 Å². The summed E-state index contributed by atoms with van der Waals surface area (Å²) in [4.78, 5) is 11.3. The van der Waals surface area contributed by atoms with E-state index in [0.29, 0.717) is 24.7 Å². The predicted octanol–water partition coefficient (Wildman–Crippen LogP) is 1.13. The van der Waals surface area contributed by atoms with Gasteiger partial charge < -0.3 is 24.4 Å². The monoisotopic (exact) mass is 318 g/mol. The molecule has 0 saturated heterocycles. The minimum Gasteiger partial charge on any atom is -0.506 e. The van der Waals surface area contributed by atoms with Gasteiger partial charge in [0.05, 0.1) is 7.11 Å². The SMILES string of the molecule is COC(=O)C(O)c1cc2c(c(Br)c1O)OCCO2. The first-order valence-electron chi connectivity index (χ1n) is 5.13. The molecule has 1 aromatic rings. The van der Waals surface area contributed by atoms with E-state index in [1.165, 1.54) is 6.07 Å². The first-order valence-corrected chi connectivity index (χ1v) is 5.92. The lowest BCUT2D eigenvalue weighted by atomic mass is 10.1. The molecule has 2 rings (SSSR count). The number of carbonyl (C=O) groups is 1. The van der Waals surface area contributed by atoms with Crippen molar-refractivity contribution in [2.24, 2.45) is 0 Å². The van der Waals surface area contributed by atoms with Crippen molar-refractivity contribution in [3.63, 3.8) is 0 Å². The third kappa shape index (κ3) is 2.11. The lowest BCUT2D eigenvalue weighted by Crippen LogP contribution is -2.18. The van der Waals surface area contributed by atoms with Crippen LogP contribution in [0.5, 0.6) is 17.2 Å². The molecular weight excluding hydrogens is 308 g/mol. The molecule has 0 bridgehead atoms. The van der Waals surface area contributed by atoms with Crippen LogP contribution in [0.4, 0.5) is 0 Å². The van der Waals surface area contributed by atoms with Crippen LogP contribution in [0.15, 0.2) is 10.5 Å². The number of methoxy groups -OCH3 is 1. The minimum absolute atomic E-state index is 0.00187. The van der Waals surface area contributed by atoms with Gasteiger partial charge in [0.1, 0.15) is 23.4 Å². The van der Waals surface area contributed by atoms with Crippen LogP contribution in [0.1, 0.15) is 11.7 Å². The molecular formula is C11H11BrO6. The van der Waals surface area contributed by atoms with Crippen LogP contribution < -0.4 is 9.47 Å². The van der Waals surface area contributed by atoms with Gasteiger partial charge in [-0.1, -0.05) is 0 Å². The molecule has 7 heteroatoms. The molecule has 0 amide bonds. The van der Waals surface area contributed by atoms with Crippen molar-refractivity contribution in [1.29, 1.82) is 0 Å². The molecule has 1 aliphatic rings. The molecule has 2 N–H and O–H groups in total. The smallest absolute Gasteiger partial charge is 0.339 e. The zero-order valence-electron chi connectivity index (χ0n) is 9.47. The highest BCUT2D eigenvalue weighted by Crippen LogP contribution is 2.46. The Labute approximate surface area is 111 Å². The van der Waals surface area contributed by atoms with Gasteiger partial charge in [0, 0.05) is 5.56 Å². The first-order chi connectivity index (χ1) is 8.56. The highest BCUT2D eigenvalue weighted by Gasteiger charge is 2.28. The first kappa shape index (κ1) is 13.0. The van der Waals surface area contributed by atoms with Crippen LogP contribution in [-0.2, 0) is 9.53 Å². The second-order valence-electron chi connectivity index (χ2n) is 3.58. The third-order valence-corrected chi connectivity index (χ3v) is 3.23. The van der Waals surface area contributed by atoms with Gasteiger partial charge in [-0.3, -0.25) is 0 Å². The Bertz CT molecular complexity index is 487. The maximum Gasteiger partial charge on any atom is 0.339 e. The molecule has 1 heterocycles. The van der Waals surface area contributed by atoms with Crippen molar-refractivity contribution in [2.45, 2.75) is 6.10 Å². The number of fused-ring (bicyclic) bond motifs is 1. The fraction of sp³-hybridized carbons (Fsp3) is 0.364. The summed E-state index contributed by atoms with van der Waals surface area (Å²) in [6.07, 6.45) is -1.58. The number of hydrogen-bond donors (Lipinski definition) is 2. The Balaban J connectivity index is 2.49. The summed E-state index contributed by atoms with van der Waals surface area (Å²) in [5.74, 6) is -0.450. The fourth-order valence-corrected chi connectivity index (χ4v) is 2.14. The molecule has 1 unspecified atom stereocenters. The summed E-state index contributed by atoms with van der Waals surface area (Å²) in [6.45, 7) is 0.724. The quantitative estimate of drug-likeness (QED) is 0.795. The zero-order chi connectivity index (χ0) is 13.3. The lowest BCUT2D eigenvalue weighted by molar-refractivity contribution is -0.150. The van der Waals surface area contributed by atoms with E-state index >= 15 is 0 Å². The van der Waals surface area contributed by atoms with E-state index in [1.807, 2.05) is 0 Å². The van der Waals surface area contributed by atoms with Gasteiger partial charge in [0.25, 0.3) is 0 Å². The normalized spacial score (nSPS) is 15.1. The number of aliphatic hydroxyl groups excluding tert-OH is 1. The second-order valence-corrected chi connectivity index (χ2v) is 4.37. The van der Waals surface area contributed by atoms with E-state index in [1.54, 1.807) is 0 Å². The molecule has 0 aliphatic carbocycles. The Morgan fingerprint density at radius 1 is 1.50 bits per heavy atom. The Hall–Kier alpha value is -1.47. The van der Waals surface area contributed by atoms with Crippen LogP contribution in [0.3, 0.4) is 0 Å². The molecule has 1 aliphatic heterocycles. The summed E-state index contributed by atoms with van der Waals surface area (Å²) in [5.41, 5.74) is -0.00187. The standard InChI is InChI=1S/C11H11BrO6/c1-16-11(15)9(14)5-4-6-10(7(12)8(5)13)18-3-2-17-6/h4,9,13-14H,2-3H2,1H3. The van der Waals surface area contributed by atoms with Crippen LogP contribution in [0.25, 0.3) is 0 Å². The van der Waals surface area contributed by atoms with Crippen molar-refractivity contribution in [1.82, 2.24) is 0 Å². The number of halogens is 1. The molecule has 0 radical (unpaired) electrons. The van der Waals surface area contributed by atoms with Gasteiger partial charge in [-0.15, -0.1) is 0 Å². The van der Waals surface area contributed by atoms with Crippen molar-refractivity contribution in [3.05, 3.63) is 16.1 Å². The van der Waals surface area contributed by atoms with E-state index in [-0.39, 0.29) is 15.8 Å². The molecule has 0 spiro atoms. The topological polar surface area (TPSA) is 85.2 Å². The number of phenolic OH excluding ortho intramolecular Hbond substituents is 1. The number of aliphatic hydroxyl groups is 1. The van der Waals surface area contributed by atoms with Crippen LogP contribution in [0.2, 0.25) is 0 Å². The van der Waals surface area contributed by atoms with E-state index in [2.05, 4.69) is 20.7 Å². The molecule has 98 valence electrons. The van der Waals surface area contributed by atoms with E-state index in [4.69, 9.17) is 9.47 Å². The number of ether oxygens (including phenoxy) is 3. The van der Waals surface area contributed by atoms with Crippen molar-refractivity contribution in [2.75, 3.05) is 20.3 Å². The molecule has 6 nitrogen and oxygen atoms in total. The Morgan fingerprint density at radius 3 is 2.83 bits per heavy atom. The summed E-state index contributed by atoms with van der Waals surface area (Å²) in [5, 5.41) is 19.7. The number of aromatic hydroxyl groups is 1. The van der Waals surface area contributed by atoms with Gasteiger partial charge in [0.2, 0.25) is 0 Å². The summed E-state index contributed by atoms with van der Waals surface area (Å²) in [6, 6.07) is 1.36. The Kier molecular flexibility index (Phi) is 3.63. The molecule has 0 saturated carbocycles. The number of benzene rings is 1. The predicted molar refractivity (Wildman–Crippen MR) is 63.8 cm³/mol. The molecule has 18 heavy (non-hydrogen) atoms. The number of esters is 1. The molecule has 0 fully saturated rings. The average Bonchev–Trinajstić information content (AvgIpc) is 2.41. The zero-order valence-corrected chi connectivity index (χ0v) is 11.1. The number of rotatable bonds is 2. The minimum atomic E-state index is -1.58. The highest BCUT2D eigenvalue weighted by atomic mass is 79.9. The highest BCUT2D eigenvalue weighted by molar-refractivity contribution is 9.10. The maximum absolute atomic E-state index is 11.3. The average molecular weight is 319 g/mol. The summed E-state index contributed by atoms with van der Waals surface area (Å²) >= 11 is 3.14. The molecule has 1 atom stereocenters. The molecule has 0 aromatic heterocycles. The lowest BCUT2D eigenvalue weighted by Gasteiger charge is -2.22. The van der Waals surface area contributed by atoms with Gasteiger partial charge in [-0.25, -0.2) is 4.79 Å². The van der Waals surface area contributed by atoms with Crippen molar-refractivity contribution >= 4 is 21.9 Å². The van der Waals surface area contributed by atoms with Crippen molar-refractivity contribution in [3.8, 4) is 17.2 Å². The number of phenols is 1. The third-order valence-electron chi connectivity index (χ3n) is 2.50. The maximum atomic E-state index is 11.3. The second kappa shape index (κ2) is 5.03. The van der Waals surface area contributed by atoms with Crippen LogP contribution in [0, 0.1) is 0 Å². The van der Waals surface area contributed by atoms with Crippen LogP contribution >= 0.6 is 15.9 Å². The van der Waals surface area contributed by atoms with E-state index < -0.39 is 12.1 Å². The van der Waals surface area contributed by atoms with E-state index in [0.717, 1.165) is 7.11 Å². The fourth-order valence-electron chi connectivity index (χ4n) is 1.60. The summed E-state index contributed by atoms with van der Waals surface area (Å²) in [7, 11) is 1.15. The van der Waals surface area contributed by atoms with Gasteiger partial charge in [0.15, 0.2) is 17.6 Å². The van der Waals surface area contributed by atoms with Crippen LogP contribution in [-0.4, -0.2) is 36.5 Å². The number of hydrogen-bond acceptors (Lipinski definition) is 6. The van der Waals surface area contributed by atoms with Gasteiger partial charge in [-0.05, 0) is 22.0 Å². The molecule has 1 aromatic carbocycles. The van der Waals surface area contributed by atoms with Gasteiger partial charge in [-0.2, -0.15) is 0 Å². The largest absolute Gasteiger partial charge is 0.506 e. The van der Waals surface area contributed by atoms with Gasteiger partial charge >= 0.3 is 5.97 Å². The number of carbonyl (C=O) groups excluding carboxylic acids is 1. The Morgan fingerprint density at radius 2 is 2.17 bits per heavy atom. The summed E-state index contributed by atoms with van der Waals surface area (Å²) < 4.78 is 15.3.